The summed E-state index contributed by atoms with van der Waals surface area (Å²) in [7, 11) is 1.63. The molecule has 0 aliphatic carbocycles. The maximum absolute atomic E-state index is 12.6. The first-order valence-electron chi connectivity index (χ1n) is 8.87. The number of hydrogen-bond acceptors (Lipinski definition) is 4. The lowest BCUT2D eigenvalue weighted by Gasteiger charge is -2.31. The molecule has 0 spiro atoms. The van der Waals surface area contributed by atoms with Gasteiger partial charge in [0.05, 0.1) is 12.8 Å². The quantitative estimate of drug-likeness (QED) is 0.850. The Balaban J connectivity index is 1.70. The van der Waals surface area contributed by atoms with Crippen LogP contribution in [-0.4, -0.2) is 30.6 Å². The van der Waals surface area contributed by atoms with E-state index in [2.05, 4.69) is 10.6 Å². The van der Waals surface area contributed by atoms with Crippen LogP contribution in [0.3, 0.4) is 0 Å². The van der Waals surface area contributed by atoms with Gasteiger partial charge in [-0.1, -0.05) is 18.2 Å². The molecule has 0 saturated carbocycles. The molecule has 0 bridgehead atoms. The predicted octanol–water partition coefficient (Wildman–Crippen LogP) is 3.17. The number of hydrogen-bond donors (Lipinski definition) is 2. The zero-order valence-corrected chi connectivity index (χ0v) is 16.0. The molecular weight excluding hydrogens is 344 g/mol. The lowest BCUT2D eigenvalue weighted by molar-refractivity contribution is -0.129. The Hall–Kier alpha value is -3.02. The molecule has 142 valence electrons. The van der Waals surface area contributed by atoms with E-state index in [0.717, 1.165) is 11.3 Å². The third-order valence-electron chi connectivity index (χ3n) is 4.50. The second-order valence-electron chi connectivity index (χ2n) is 7.17. The van der Waals surface area contributed by atoms with E-state index in [9.17, 15) is 9.59 Å². The lowest BCUT2D eigenvalue weighted by atomic mass is 10.0. The molecule has 1 atom stereocenters. The molecule has 0 fully saturated rings. The van der Waals surface area contributed by atoms with E-state index < -0.39 is 5.60 Å². The Morgan fingerprint density at radius 1 is 1.26 bits per heavy atom. The molecule has 2 amide bonds. The van der Waals surface area contributed by atoms with Crippen LogP contribution in [0, 0.1) is 0 Å². The minimum Gasteiger partial charge on any atom is -0.496 e. The van der Waals surface area contributed by atoms with E-state index in [-0.39, 0.29) is 17.9 Å². The third-order valence-corrected chi connectivity index (χ3v) is 4.50. The number of para-hydroxylation sites is 1. The van der Waals surface area contributed by atoms with Crippen molar-refractivity contribution in [2.24, 2.45) is 0 Å². The van der Waals surface area contributed by atoms with Crippen molar-refractivity contribution in [2.75, 3.05) is 12.4 Å². The molecule has 1 heterocycles. The van der Waals surface area contributed by atoms with Crippen molar-refractivity contribution >= 4 is 17.5 Å². The van der Waals surface area contributed by atoms with Crippen molar-refractivity contribution in [3.8, 4) is 11.5 Å². The number of nitrogens with one attached hydrogen (secondary N) is 2. The monoisotopic (exact) mass is 368 g/mol. The Morgan fingerprint density at radius 2 is 2.00 bits per heavy atom. The number of carbonyl (C=O) groups is 2. The van der Waals surface area contributed by atoms with Gasteiger partial charge < -0.3 is 20.1 Å². The Bertz CT molecular complexity index is 876. The van der Waals surface area contributed by atoms with Gasteiger partial charge in [0.25, 0.3) is 11.8 Å². The maximum atomic E-state index is 12.6. The van der Waals surface area contributed by atoms with Crippen LogP contribution in [0.25, 0.3) is 0 Å². The van der Waals surface area contributed by atoms with E-state index in [4.69, 9.17) is 9.47 Å². The van der Waals surface area contributed by atoms with E-state index in [1.165, 1.54) is 0 Å². The summed E-state index contributed by atoms with van der Waals surface area (Å²) in [6.07, 6.45) is 0.648. The fourth-order valence-electron chi connectivity index (χ4n) is 3.01. The van der Waals surface area contributed by atoms with E-state index in [1.54, 1.807) is 39.2 Å². The zero-order chi connectivity index (χ0) is 19.6. The molecule has 6 heteroatoms. The number of benzene rings is 2. The Kier molecular flexibility index (Phi) is 5.08. The van der Waals surface area contributed by atoms with Crippen LogP contribution in [0.1, 0.15) is 36.7 Å². The summed E-state index contributed by atoms with van der Waals surface area (Å²) in [5, 5.41) is 5.78. The molecule has 0 radical (unpaired) electrons. The molecular formula is C21H24N2O4. The highest BCUT2D eigenvalue weighted by molar-refractivity contribution is 6.02. The second-order valence-corrected chi connectivity index (χ2v) is 7.17. The normalized spacial score (nSPS) is 15.8. The first-order valence-corrected chi connectivity index (χ1v) is 8.87. The van der Waals surface area contributed by atoms with E-state index in [1.807, 2.05) is 31.2 Å². The summed E-state index contributed by atoms with van der Waals surface area (Å²) in [6, 6.07) is 12.7. The van der Waals surface area contributed by atoms with E-state index in [0.29, 0.717) is 23.4 Å². The summed E-state index contributed by atoms with van der Waals surface area (Å²) in [4.78, 5) is 24.7. The average molecular weight is 368 g/mol. The van der Waals surface area contributed by atoms with Gasteiger partial charge in [-0.3, -0.25) is 9.59 Å². The van der Waals surface area contributed by atoms with Gasteiger partial charge >= 0.3 is 0 Å². The number of amides is 2. The van der Waals surface area contributed by atoms with Crippen molar-refractivity contribution in [3.05, 3.63) is 53.6 Å². The molecule has 0 aromatic heterocycles. The molecule has 2 aromatic carbocycles. The summed E-state index contributed by atoms with van der Waals surface area (Å²) >= 11 is 0. The molecule has 1 aliphatic rings. The fraction of sp³-hybridized carbons (Fsp3) is 0.333. The van der Waals surface area contributed by atoms with Crippen LogP contribution in [0.4, 0.5) is 5.69 Å². The molecule has 2 N–H and O–H groups in total. The molecule has 2 aromatic rings. The van der Waals surface area contributed by atoms with Gasteiger partial charge in [0.15, 0.2) is 5.60 Å². The summed E-state index contributed by atoms with van der Waals surface area (Å²) in [6.45, 7) is 5.34. The van der Waals surface area contributed by atoms with Gasteiger partial charge in [-0.15, -0.1) is 0 Å². The van der Waals surface area contributed by atoms with E-state index >= 15 is 0 Å². The average Bonchev–Trinajstić information content (AvgIpc) is 2.62. The first-order chi connectivity index (χ1) is 12.8. The second kappa shape index (κ2) is 7.31. The van der Waals surface area contributed by atoms with Crippen molar-refractivity contribution < 1.29 is 19.1 Å². The molecule has 27 heavy (non-hydrogen) atoms. The highest BCUT2D eigenvalue weighted by Crippen LogP contribution is 2.34. The van der Waals surface area contributed by atoms with Crippen LogP contribution >= 0.6 is 0 Å². The number of anilines is 1. The standard InChI is InChI=1S/C21H24N2O4/c1-13(11-14-7-5-6-8-17(14)26-4)22-19(24)15-9-10-18-16(12-15)23-20(25)21(2,3)27-18/h5-10,12-13H,11H2,1-4H3,(H,22,24)(H,23,25)/t13-/m0/s1. The maximum Gasteiger partial charge on any atom is 0.268 e. The topological polar surface area (TPSA) is 76.7 Å². The lowest BCUT2D eigenvalue weighted by Crippen LogP contribution is -2.45. The van der Waals surface area contributed by atoms with Crippen LogP contribution in [0.5, 0.6) is 11.5 Å². The van der Waals surface area contributed by atoms with Crippen LogP contribution in [-0.2, 0) is 11.2 Å². The van der Waals surface area contributed by atoms with Gasteiger partial charge in [-0.2, -0.15) is 0 Å². The smallest absolute Gasteiger partial charge is 0.268 e. The van der Waals surface area contributed by atoms with Crippen LogP contribution < -0.4 is 20.1 Å². The van der Waals surface area contributed by atoms with Crippen molar-refractivity contribution in [3.63, 3.8) is 0 Å². The minimum absolute atomic E-state index is 0.0883. The number of ether oxygens (including phenoxy) is 2. The Labute approximate surface area is 158 Å². The largest absolute Gasteiger partial charge is 0.496 e. The highest BCUT2D eigenvalue weighted by Gasteiger charge is 2.35. The Morgan fingerprint density at radius 3 is 2.74 bits per heavy atom. The minimum atomic E-state index is -0.931. The number of methoxy groups -OCH3 is 1. The van der Waals surface area contributed by atoms with Crippen molar-refractivity contribution in [1.29, 1.82) is 0 Å². The summed E-state index contributed by atoms with van der Waals surface area (Å²) in [5.41, 5.74) is 1.06. The van der Waals surface area contributed by atoms with Gasteiger partial charge in [0, 0.05) is 11.6 Å². The summed E-state index contributed by atoms with van der Waals surface area (Å²) < 4.78 is 11.1. The number of carbonyl (C=O) groups excluding carboxylic acids is 2. The predicted molar refractivity (Wildman–Crippen MR) is 103 cm³/mol. The highest BCUT2D eigenvalue weighted by atomic mass is 16.5. The molecule has 0 saturated heterocycles. The third kappa shape index (κ3) is 4.05. The van der Waals surface area contributed by atoms with Crippen molar-refractivity contribution in [2.45, 2.75) is 38.8 Å². The van der Waals surface area contributed by atoms with Gasteiger partial charge in [-0.05, 0) is 57.0 Å². The molecule has 3 rings (SSSR count). The molecule has 1 aliphatic heterocycles. The van der Waals surface area contributed by atoms with Gasteiger partial charge in [0.2, 0.25) is 0 Å². The SMILES string of the molecule is COc1ccccc1C[C@H](C)NC(=O)c1ccc2c(c1)NC(=O)C(C)(C)O2. The first kappa shape index (κ1) is 18.8. The molecule has 6 nitrogen and oxygen atoms in total. The zero-order valence-electron chi connectivity index (χ0n) is 16.0. The van der Waals surface area contributed by atoms with Gasteiger partial charge in [-0.25, -0.2) is 0 Å². The van der Waals surface area contributed by atoms with Crippen LogP contribution in [0.15, 0.2) is 42.5 Å². The van der Waals surface area contributed by atoms with Crippen LogP contribution in [0.2, 0.25) is 0 Å². The number of rotatable bonds is 5. The fourth-order valence-corrected chi connectivity index (χ4v) is 3.01. The summed E-state index contributed by atoms with van der Waals surface area (Å²) in [5.74, 6) is 0.907. The number of fused-ring (bicyclic) bond motifs is 1. The van der Waals surface area contributed by atoms with Crippen molar-refractivity contribution in [1.82, 2.24) is 5.32 Å². The molecule has 0 unspecified atom stereocenters. The van der Waals surface area contributed by atoms with Gasteiger partial charge in [0.1, 0.15) is 11.5 Å².